The molecule has 0 saturated heterocycles. The summed E-state index contributed by atoms with van der Waals surface area (Å²) in [5.74, 6) is 0.716. The van der Waals surface area contributed by atoms with Crippen LogP contribution in [0.15, 0.2) is 24.2 Å². The molecule has 0 aliphatic heterocycles. The van der Waals surface area contributed by atoms with E-state index in [0.29, 0.717) is 5.92 Å². The third-order valence-corrected chi connectivity index (χ3v) is 4.18. The highest BCUT2D eigenvalue weighted by atomic mass is 16.2. The molecule has 1 fully saturated rings. The number of aromatic nitrogens is 2. The maximum atomic E-state index is 12.0. The van der Waals surface area contributed by atoms with Gasteiger partial charge in [0.2, 0.25) is 5.91 Å². The van der Waals surface area contributed by atoms with Crippen LogP contribution in [0.2, 0.25) is 0 Å². The fraction of sp³-hybridized carbons (Fsp3) is 0.600. The maximum Gasteiger partial charge on any atom is 0.223 e. The first-order valence-corrected chi connectivity index (χ1v) is 7.28. The molecule has 102 valence electrons. The van der Waals surface area contributed by atoms with E-state index in [9.17, 15) is 4.79 Å². The molecule has 4 nitrogen and oxygen atoms in total. The van der Waals surface area contributed by atoms with Gasteiger partial charge in [-0.1, -0.05) is 11.6 Å². The summed E-state index contributed by atoms with van der Waals surface area (Å²) in [5, 5.41) is 3.07. The van der Waals surface area contributed by atoms with E-state index in [0.717, 1.165) is 25.1 Å². The standard InChI is InChI=1S/C15H21N3O/c19-15(13-8-12(13)14-9-16-10-18-14)17-7-6-11-4-2-1-3-5-11/h4,9-10,12-13H,1-3,5-8H2,(H,16,18)(H,17,19)/t12-,13-/m0/s1. The van der Waals surface area contributed by atoms with Gasteiger partial charge >= 0.3 is 0 Å². The van der Waals surface area contributed by atoms with Gasteiger partial charge in [-0.2, -0.15) is 0 Å². The van der Waals surface area contributed by atoms with Crippen LogP contribution in [0.3, 0.4) is 0 Å². The molecule has 0 spiro atoms. The second kappa shape index (κ2) is 5.59. The van der Waals surface area contributed by atoms with Crippen molar-refractivity contribution < 1.29 is 4.79 Å². The van der Waals surface area contributed by atoms with Crippen LogP contribution in [0.25, 0.3) is 0 Å². The summed E-state index contributed by atoms with van der Waals surface area (Å²) in [6.07, 6.45) is 12.9. The van der Waals surface area contributed by atoms with E-state index in [-0.39, 0.29) is 11.8 Å². The zero-order chi connectivity index (χ0) is 13.1. The Balaban J connectivity index is 1.39. The van der Waals surface area contributed by atoms with E-state index < -0.39 is 0 Å². The van der Waals surface area contributed by atoms with Gasteiger partial charge in [0.05, 0.1) is 6.33 Å². The zero-order valence-corrected chi connectivity index (χ0v) is 11.2. The molecule has 19 heavy (non-hydrogen) atoms. The molecule has 1 saturated carbocycles. The normalized spacial score (nSPS) is 25.8. The Morgan fingerprint density at radius 1 is 1.47 bits per heavy atom. The number of imidazole rings is 1. The molecule has 0 bridgehead atoms. The Labute approximate surface area is 113 Å². The molecule has 2 aliphatic rings. The third kappa shape index (κ3) is 3.06. The maximum absolute atomic E-state index is 12.0. The average Bonchev–Trinajstić information content (AvgIpc) is 3.06. The first-order chi connectivity index (χ1) is 9.34. The van der Waals surface area contributed by atoms with Crippen LogP contribution in [0.1, 0.15) is 50.1 Å². The van der Waals surface area contributed by atoms with E-state index in [1.165, 1.54) is 31.3 Å². The largest absolute Gasteiger partial charge is 0.356 e. The zero-order valence-electron chi connectivity index (χ0n) is 11.2. The number of nitrogens with one attached hydrogen (secondary N) is 2. The average molecular weight is 259 g/mol. The lowest BCUT2D eigenvalue weighted by Gasteiger charge is -2.12. The lowest BCUT2D eigenvalue weighted by atomic mass is 9.97. The molecule has 3 rings (SSSR count). The second-order valence-corrected chi connectivity index (χ2v) is 5.60. The summed E-state index contributed by atoms with van der Waals surface area (Å²) >= 11 is 0. The predicted molar refractivity (Wildman–Crippen MR) is 73.6 cm³/mol. The topological polar surface area (TPSA) is 57.8 Å². The molecule has 0 aromatic carbocycles. The minimum Gasteiger partial charge on any atom is -0.356 e. The summed E-state index contributed by atoms with van der Waals surface area (Å²) in [5.41, 5.74) is 2.61. The quantitative estimate of drug-likeness (QED) is 0.798. The highest BCUT2D eigenvalue weighted by Crippen LogP contribution is 2.46. The Kier molecular flexibility index (Phi) is 3.67. The highest BCUT2D eigenvalue weighted by molar-refractivity contribution is 5.82. The molecule has 0 unspecified atom stereocenters. The van der Waals surface area contributed by atoms with Gasteiger partial charge in [0, 0.05) is 30.3 Å². The number of carbonyl (C=O) groups excluding carboxylic acids is 1. The number of hydrogen-bond donors (Lipinski definition) is 2. The second-order valence-electron chi connectivity index (χ2n) is 5.60. The van der Waals surface area contributed by atoms with Gasteiger partial charge in [0.1, 0.15) is 0 Å². The number of hydrogen-bond acceptors (Lipinski definition) is 2. The lowest BCUT2D eigenvalue weighted by molar-refractivity contribution is -0.122. The number of allylic oxidation sites excluding steroid dienone is 1. The van der Waals surface area contributed by atoms with Crippen molar-refractivity contribution in [3.8, 4) is 0 Å². The lowest BCUT2D eigenvalue weighted by Crippen LogP contribution is -2.26. The first-order valence-electron chi connectivity index (χ1n) is 7.28. The van der Waals surface area contributed by atoms with Crippen molar-refractivity contribution in [3.05, 3.63) is 29.9 Å². The van der Waals surface area contributed by atoms with Crippen LogP contribution in [-0.2, 0) is 4.79 Å². The van der Waals surface area contributed by atoms with Crippen molar-refractivity contribution in [3.63, 3.8) is 0 Å². The van der Waals surface area contributed by atoms with Gasteiger partial charge in [-0.3, -0.25) is 4.79 Å². The van der Waals surface area contributed by atoms with Crippen molar-refractivity contribution >= 4 is 5.91 Å². The summed E-state index contributed by atoms with van der Waals surface area (Å²) < 4.78 is 0. The Morgan fingerprint density at radius 3 is 3.16 bits per heavy atom. The molecule has 2 aliphatic carbocycles. The predicted octanol–water partition coefficient (Wildman–Crippen LogP) is 2.52. The number of carbonyl (C=O) groups is 1. The highest BCUT2D eigenvalue weighted by Gasteiger charge is 2.44. The minimum absolute atomic E-state index is 0.154. The fourth-order valence-electron chi connectivity index (χ4n) is 2.91. The van der Waals surface area contributed by atoms with Crippen molar-refractivity contribution in [1.82, 2.24) is 15.3 Å². The summed E-state index contributed by atoms with van der Waals surface area (Å²) in [6, 6.07) is 0. The van der Waals surface area contributed by atoms with Crippen molar-refractivity contribution in [2.45, 2.75) is 44.4 Å². The molecule has 2 N–H and O–H groups in total. The van der Waals surface area contributed by atoms with Crippen LogP contribution in [0, 0.1) is 5.92 Å². The number of amides is 1. The number of rotatable bonds is 5. The van der Waals surface area contributed by atoms with Crippen molar-refractivity contribution in [2.24, 2.45) is 5.92 Å². The van der Waals surface area contributed by atoms with Crippen LogP contribution in [-0.4, -0.2) is 22.4 Å². The molecule has 1 heterocycles. The van der Waals surface area contributed by atoms with E-state index in [1.807, 2.05) is 6.20 Å². The van der Waals surface area contributed by atoms with Gasteiger partial charge in [-0.25, -0.2) is 4.98 Å². The van der Waals surface area contributed by atoms with Gasteiger partial charge < -0.3 is 10.3 Å². The van der Waals surface area contributed by atoms with E-state index in [1.54, 1.807) is 6.33 Å². The Morgan fingerprint density at radius 2 is 2.42 bits per heavy atom. The number of nitrogens with zero attached hydrogens (tertiary/aromatic N) is 1. The first kappa shape index (κ1) is 12.5. The van der Waals surface area contributed by atoms with E-state index in [4.69, 9.17) is 0 Å². The van der Waals surface area contributed by atoms with Gasteiger partial charge in [0.25, 0.3) is 0 Å². The van der Waals surface area contributed by atoms with E-state index in [2.05, 4.69) is 21.4 Å². The Bertz CT molecular complexity index is 464. The van der Waals surface area contributed by atoms with E-state index >= 15 is 0 Å². The molecule has 1 aromatic heterocycles. The summed E-state index contributed by atoms with van der Waals surface area (Å²) in [7, 11) is 0. The van der Waals surface area contributed by atoms with Crippen molar-refractivity contribution in [1.29, 1.82) is 0 Å². The summed E-state index contributed by atoms with van der Waals surface area (Å²) in [6.45, 7) is 0.789. The van der Waals surface area contributed by atoms with Gasteiger partial charge in [0.15, 0.2) is 0 Å². The smallest absolute Gasteiger partial charge is 0.223 e. The Hall–Kier alpha value is -1.58. The van der Waals surface area contributed by atoms with Crippen LogP contribution in [0.4, 0.5) is 0 Å². The molecule has 0 radical (unpaired) electrons. The third-order valence-electron chi connectivity index (χ3n) is 4.18. The molecule has 1 aromatic rings. The minimum atomic E-state index is 0.154. The number of H-pyrrole nitrogens is 1. The van der Waals surface area contributed by atoms with Crippen LogP contribution >= 0.6 is 0 Å². The van der Waals surface area contributed by atoms with Crippen LogP contribution in [0.5, 0.6) is 0 Å². The van der Waals surface area contributed by atoms with Crippen LogP contribution < -0.4 is 5.32 Å². The van der Waals surface area contributed by atoms with Crippen molar-refractivity contribution in [2.75, 3.05) is 6.54 Å². The SMILES string of the molecule is O=C(NCCC1=CCCCC1)[C@H]1C[C@@H]1c1cnc[nH]1. The van der Waals surface area contributed by atoms with Gasteiger partial charge in [-0.15, -0.1) is 0 Å². The van der Waals surface area contributed by atoms with Gasteiger partial charge in [-0.05, 0) is 38.5 Å². The monoisotopic (exact) mass is 259 g/mol. The number of aromatic amines is 1. The molecule has 1 amide bonds. The fourth-order valence-corrected chi connectivity index (χ4v) is 2.91. The molecule has 2 atom stereocenters. The molecular weight excluding hydrogens is 238 g/mol. The molecular formula is C15H21N3O. The summed E-state index contributed by atoms with van der Waals surface area (Å²) in [4.78, 5) is 19.1. The molecule has 4 heteroatoms.